The molecule has 0 spiro atoms. The fourth-order valence-electron chi connectivity index (χ4n) is 2.60. The van der Waals surface area contributed by atoms with Crippen LogP contribution in [0.2, 0.25) is 0 Å². The SMILES string of the molecule is Cc1nccn1-c1ccc(NC(=O)c2cn3ccccc3n2)cc1. The highest BCUT2D eigenvalue weighted by Crippen LogP contribution is 2.15. The Morgan fingerprint density at radius 2 is 1.92 bits per heavy atom. The maximum absolute atomic E-state index is 12.3. The summed E-state index contributed by atoms with van der Waals surface area (Å²) in [5, 5.41) is 2.87. The zero-order chi connectivity index (χ0) is 16.5. The van der Waals surface area contributed by atoms with Crippen LogP contribution in [0.4, 0.5) is 5.69 Å². The van der Waals surface area contributed by atoms with Crippen molar-refractivity contribution in [1.82, 2.24) is 18.9 Å². The Morgan fingerprint density at radius 3 is 2.62 bits per heavy atom. The lowest BCUT2D eigenvalue weighted by Crippen LogP contribution is -2.12. The standard InChI is InChI=1S/C18H15N5O/c1-13-19-9-11-23(13)15-7-5-14(6-8-15)20-18(24)16-12-22-10-3-2-4-17(22)21-16/h2-12H,1H3,(H,20,24). The minimum Gasteiger partial charge on any atom is -0.321 e. The lowest BCUT2D eigenvalue weighted by atomic mass is 10.2. The Bertz CT molecular complexity index is 980. The van der Waals surface area contributed by atoms with Gasteiger partial charge in [0.1, 0.15) is 17.2 Å². The Morgan fingerprint density at radius 1 is 1.08 bits per heavy atom. The van der Waals surface area contributed by atoms with Crippen molar-refractivity contribution in [3.63, 3.8) is 0 Å². The van der Waals surface area contributed by atoms with E-state index in [0.717, 1.165) is 22.8 Å². The first-order valence-corrected chi connectivity index (χ1v) is 7.56. The van der Waals surface area contributed by atoms with E-state index in [9.17, 15) is 4.79 Å². The van der Waals surface area contributed by atoms with Gasteiger partial charge >= 0.3 is 0 Å². The molecule has 0 radical (unpaired) electrons. The molecule has 0 fully saturated rings. The van der Waals surface area contributed by atoms with Crippen LogP contribution in [0, 0.1) is 6.92 Å². The maximum atomic E-state index is 12.3. The number of hydrogen-bond acceptors (Lipinski definition) is 3. The molecule has 4 aromatic rings. The van der Waals surface area contributed by atoms with Gasteiger partial charge < -0.3 is 14.3 Å². The van der Waals surface area contributed by atoms with Gasteiger partial charge in [-0.2, -0.15) is 0 Å². The van der Waals surface area contributed by atoms with Crippen LogP contribution >= 0.6 is 0 Å². The first-order valence-electron chi connectivity index (χ1n) is 7.56. The number of nitrogens with zero attached hydrogens (tertiary/aromatic N) is 4. The zero-order valence-electron chi connectivity index (χ0n) is 13.0. The molecule has 3 heterocycles. The molecule has 0 unspecified atom stereocenters. The van der Waals surface area contributed by atoms with Crippen LogP contribution in [0.1, 0.15) is 16.3 Å². The number of anilines is 1. The summed E-state index contributed by atoms with van der Waals surface area (Å²) >= 11 is 0. The lowest BCUT2D eigenvalue weighted by molar-refractivity contribution is 0.102. The van der Waals surface area contributed by atoms with Crippen LogP contribution in [-0.2, 0) is 0 Å². The van der Waals surface area contributed by atoms with Gasteiger partial charge in [-0.15, -0.1) is 0 Å². The highest BCUT2D eigenvalue weighted by atomic mass is 16.1. The number of aryl methyl sites for hydroxylation is 1. The third-order valence-electron chi connectivity index (χ3n) is 3.83. The molecule has 24 heavy (non-hydrogen) atoms. The number of imidazole rings is 2. The molecular weight excluding hydrogens is 302 g/mol. The molecule has 118 valence electrons. The fourth-order valence-corrected chi connectivity index (χ4v) is 2.60. The summed E-state index contributed by atoms with van der Waals surface area (Å²) in [6, 6.07) is 13.2. The Kier molecular flexibility index (Phi) is 3.35. The minimum atomic E-state index is -0.231. The number of pyridine rings is 1. The second-order valence-electron chi connectivity index (χ2n) is 5.44. The molecule has 1 aromatic carbocycles. The van der Waals surface area contributed by atoms with Gasteiger partial charge in [-0.3, -0.25) is 4.79 Å². The predicted molar refractivity (Wildman–Crippen MR) is 91.4 cm³/mol. The first-order chi connectivity index (χ1) is 11.7. The molecule has 0 saturated heterocycles. The summed E-state index contributed by atoms with van der Waals surface area (Å²) in [5.41, 5.74) is 2.85. The van der Waals surface area contributed by atoms with Gasteiger partial charge in [0.2, 0.25) is 0 Å². The van der Waals surface area contributed by atoms with Gasteiger partial charge in [0.05, 0.1) is 0 Å². The lowest BCUT2D eigenvalue weighted by Gasteiger charge is -2.07. The zero-order valence-corrected chi connectivity index (χ0v) is 13.0. The Labute approximate surface area is 138 Å². The minimum absolute atomic E-state index is 0.231. The second-order valence-corrected chi connectivity index (χ2v) is 5.44. The van der Waals surface area contributed by atoms with E-state index >= 15 is 0 Å². The molecule has 1 N–H and O–H groups in total. The first kappa shape index (κ1) is 14.2. The highest BCUT2D eigenvalue weighted by molar-refractivity contribution is 6.03. The summed E-state index contributed by atoms with van der Waals surface area (Å²) in [5.74, 6) is 0.682. The van der Waals surface area contributed by atoms with Crippen molar-refractivity contribution in [1.29, 1.82) is 0 Å². The quantitative estimate of drug-likeness (QED) is 0.631. The van der Waals surface area contributed by atoms with E-state index in [2.05, 4.69) is 15.3 Å². The molecule has 0 atom stereocenters. The molecule has 0 bridgehead atoms. The van der Waals surface area contributed by atoms with Gasteiger partial charge in [0.25, 0.3) is 5.91 Å². The second kappa shape index (κ2) is 5.66. The summed E-state index contributed by atoms with van der Waals surface area (Å²) in [6.45, 7) is 1.94. The smallest absolute Gasteiger partial charge is 0.275 e. The van der Waals surface area contributed by atoms with Gasteiger partial charge in [-0.05, 0) is 43.3 Å². The number of rotatable bonds is 3. The number of amides is 1. The third kappa shape index (κ3) is 2.54. The molecule has 6 nitrogen and oxygen atoms in total. The Balaban J connectivity index is 1.54. The van der Waals surface area contributed by atoms with Crippen molar-refractivity contribution in [2.45, 2.75) is 6.92 Å². The van der Waals surface area contributed by atoms with Crippen molar-refractivity contribution < 1.29 is 4.79 Å². The van der Waals surface area contributed by atoms with Crippen LogP contribution in [0.25, 0.3) is 11.3 Å². The normalized spacial score (nSPS) is 10.9. The number of fused-ring (bicyclic) bond motifs is 1. The average molecular weight is 317 g/mol. The van der Waals surface area contributed by atoms with Crippen molar-refractivity contribution >= 4 is 17.2 Å². The van der Waals surface area contributed by atoms with Gasteiger partial charge in [-0.25, -0.2) is 9.97 Å². The van der Waals surface area contributed by atoms with Crippen LogP contribution in [-0.4, -0.2) is 24.8 Å². The molecule has 0 aliphatic carbocycles. The number of carbonyl (C=O) groups is 1. The van der Waals surface area contributed by atoms with Crippen LogP contribution in [0.5, 0.6) is 0 Å². The van der Waals surface area contributed by atoms with Crippen LogP contribution in [0.15, 0.2) is 67.3 Å². The number of nitrogens with one attached hydrogen (secondary N) is 1. The number of benzene rings is 1. The van der Waals surface area contributed by atoms with E-state index in [1.165, 1.54) is 0 Å². The van der Waals surface area contributed by atoms with Crippen molar-refractivity contribution in [3.8, 4) is 5.69 Å². The summed E-state index contributed by atoms with van der Waals surface area (Å²) in [4.78, 5) is 20.9. The molecule has 0 aliphatic heterocycles. The molecular formula is C18H15N5O. The van der Waals surface area contributed by atoms with Gasteiger partial charge in [0, 0.05) is 36.2 Å². The van der Waals surface area contributed by atoms with E-state index in [4.69, 9.17) is 0 Å². The van der Waals surface area contributed by atoms with Gasteiger partial charge in [0.15, 0.2) is 0 Å². The predicted octanol–water partition coefficient (Wildman–Crippen LogP) is 3.08. The highest BCUT2D eigenvalue weighted by Gasteiger charge is 2.11. The summed E-state index contributed by atoms with van der Waals surface area (Å²) < 4.78 is 3.80. The maximum Gasteiger partial charge on any atom is 0.275 e. The molecule has 4 rings (SSSR count). The monoisotopic (exact) mass is 317 g/mol. The van der Waals surface area contributed by atoms with Crippen molar-refractivity contribution in [3.05, 3.63) is 78.8 Å². The van der Waals surface area contributed by atoms with Crippen molar-refractivity contribution in [2.75, 3.05) is 5.32 Å². The van der Waals surface area contributed by atoms with E-state index in [0.29, 0.717) is 5.69 Å². The number of carbonyl (C=O) groups excluding carboxylic acids is 1. The van der Waals surface area contributed by atoms with E-state index in [-0.39, 0.29) is 5.91 Å². The van der Waals surface area contributed by atoms with Crippen LogP contribution < -0.4 is 5.32 Å². The molecule has 6 heteroatoms. The Hall–Kier alpha value is -3.41. The fraction of sp³-hybridized carbons (Fsp3) is 0.0556. The molecule has 0 aliphatic rings. The van der Waals surface area contributed by atoms with E-state index in [1.54, 1.807) is 12.4 Å². The van der Waals surface area contributed by atoms with E-state index < -0.39 is 0 Å². The van der Waals surface area contributed by atoms with E-state index in [1.807, 2.05) is 70.7 Å². The molecule has 0 saturated carbocycles. The molecule has 1 amide bonds. The average Bonchev–Trinajstić information content (AvgIpc) is 3.21. The third-order valence-corrected chi connectivity index (χ3v) is 3.83. The van der Waals surface area contributed by atoms with Gasteiger partial charge in [-0.1, -0.05) is 6.07 Å². The van der Waals surface area contributed by atoms with Crippen LogP contribution in [0.3, 0.4) is 0 Å². The largest absolute Gasteiger partial charge is 0.321 e. The number of aromatic nitrogens is 4. The topological polar surface area (TPSA) is 64.2 Å². The summed E-state index contributed by atoms with van der Waals surface area (Å²) in [7, 11) is 0. The summed E-state index contributed by atoms with van der Waals surface area (Å²) in [6.07, 6.45) is 7.24. The molecule has 3 aromatic heterocycles. The number of hydrogen-bond donors (Lipinski definition) is 1. The van der Waals surface area contributed by atoms with Crippen molar-refractivity contribution in [2.24, 2.45) is 0 Å².